The van der Waals surface area contributed by atoms with E-state index in [1.807, 2.05) is 13.8 Å². The van der Waals surface area contributed by atoms with Crippen LogP contribution in [0.1, 0.15) is 42.7 Å². The average Bonchev–Trinajstić information content (AvgIpc) is 2.26. The van der Waals surface area contributed by atoms with Crippen molar-refractivity contribution in [3.05, 3.63) is 23.4 Å². The lowest BCUT2D eigenvalue weighted by Gasteiger charge is -2.32. The zero-order valence-corrected chi connectivity index (χ0v) is 11.4. The van der Waals surface area contributed by atoms with Crippen molar-refractivity contribution in [2.45, 2.75) is 51.9 Å². The molecule has 0 spiro atoms. The van der Waals surface area contributed by atoms with Gasteiger partial charge >= 0.3 is 5.97 Å². The first-order valence-corrected chi connectivity index (χ1v) is 6.48. The third kappa shape index (κ3) is 3.44. The number of hydrogen-bond acceptors (Lipinski definition) is 4. The Morgan fingerprint density at radius 2 is 2.00 bits per heavy atom. The van der Waals surface area contributed by atoms with Crippen molar-refractivity contribution in [2.24, 2.45) is 0 Å². The van der Waals surface area contributed by atoms with E-state index in [4.69, 9.17) is 14.6 Å². The molecule has 1 fully saturated rings. The highest BCUT2D eigenvalue weighted by Crippen LogP contribution is 2.23. The van der Waals surface area contributed by atoms with Crippen molar-refractivity contribution >= 4 is 5.97 Å². The molecular weight excluding hydrogens is 246 g/mol. The molecule has 2 atom stereocenters. The Hall–Kier alpha value is -1.62. The third-order valence-corrected chi connectivity index (χ3v) is 3.23. The molecule has 1 N–H and O–H groups in total. The molecular formula is C14H19NO4. The molecule has 104 valence electrons. The number of rotatable bonds is 3. The summed E-state index contributed by atoms with van der Waals surface area (Å²) >= 11 is 0. The van der Waals surface area contributed by atoms with Crippen LogP contribution >= 0.6 is 0 Å². The summed E-state index contributed by atoms with van der Waals surface area (Å²) in [6, 6.07) is 3.15. The molecule has 2 heterocycles. The Morgan fingerprint density at radius 1 is 1.37 bits per heavy atom. The number of carboxylic acids is 1. The SMILES string of the molecule is Cc1nc(OC2CC(C)OC(C)C2)ccc1C(=O)O. The van der Waals surface area contributed by atoms with Gasteiger partial charge in [-0.25, -0.2) is 9.78 Å². The predicted octanol–water partition coefficient (Wildman–Crippen LogP) is 2.42. The maximum atomic E-state index is 10.9. The fourth-order valence-electron chi connectivity index (χ4n) is 2.44. The van der Waals surface area contributed by atoms with E-state index in [-0.39, 0.29) is 23.9 Å². The van der Waals surface area contributed by atoms with Gasteiger partial charge in [0, 0.05) is 18.9 Å². The largest absolute Gasteiger partial charge is 0.478 e. The monoisotopic (exact) mass is 265 g/mol. The molecule has 2 unspecified atom stereocenters. The Balaban J connectivity index is 2.07. The van der Waals surface area contributed by atoms with E-state index in [2.05, 4.69) is 4.98 Å². The van der Waals surface area contributed by atoms with Gasteiger partial charge in [-0.3, -0.25) is 0 Å². The van der Waals surface area contributed by atoms with Gasteiger partial charge in [0.1, 0.15) is 6.10 Å². The molecule has 5 nitrogen and oxygen atoms in total. The van der Waals surface area contributed by atoms with Crippen LogP contribution in [0.15, 0.2) is 12.1 Å². The average molecular weight is 265 g/mol. The van der Waals surface area contributed by atoms with Gasteiger partial charge in [0.15, 0.2) is 0 Å². The Labute approximate surface area is 112 Å². The van der Waals surface area contributed by atoms with Gasteiger partial charge in [-0.1, -0.05) is 0 Å². The van der Waals surface area contributed by atoms with E-state index < -0.39 is 5.97 Å². The van der Waals surface area contributed by atoms with Crippen LogP contribution in [0, 0.1) is 6.92 Å². The number of aromatic nitrogens is 1. The van der Waals surface area contributed by atoms with Crippen molar-refractivity contribution < 1.29 is 19.4 Å². The summed E-state index contributed by atoms with van der Waals surface area (Å²) in [5, 5.41) is 8.95. The Kier molecular flexibility index (Phi) is 4.04. The molecule has 0 radical (unpaired) electrons. The molecule has 1 aromatic heterocycles. The first-order valence-electron chi connectivity index (χ1n) is 6.48. The zero-order valence-electron chi connectivity index (χ0n) is 11.4. The summed E-state index contributed by atoms with van der Waals surface area (Å²) in [6.07, 6.45) is 2.07. The molecule has 0 amide bonds. The molecule has 1 aliphatic rings. The fourth-order valence-corrected chi connectivity index (χ4v) is 2.44. The Bertz CT molecular complexity index is 465. The maximum Gasteiger partial charge on any atom is 0.337 e. The lowest BCUT2D eigenvalue weighted by molar-refractivity contribution is -0.0729. The number of aryl methyl sites for hydroxylation is 1. The lowest BCUT2D eigenvalue weighted by atomic mass is 10.0. The highest BCUT2D eigenvalue weighted by molar-refractivity contribution is 5.88. The highest BCUT2D eigenvalue weighted by atomic mass is 16.5. The fraction of sp³-hybridized carbons (Fsp3) is 0.571. The highest BCUT2D eigenvalue weighted by Gasteiger charge is 2.26. The lowest BCUT2D eigenvalue weighted by Crippen LogP contribution is -2.35. The maximum absolute atomic E-state index is 10.9. The second-order valence-corrected chi connectivity index (χ2v) is 5.06. The number of carbonyl (C=O) groups is 1. The number of pyridine rings is 1. The van der Waals surface area contributed by atoms with Crippen molar-refractivity contribution in [1.82, 2.24) is 4.98 Å². The van der Waals surface area contributed by atoms with Crippen LogP contribution in [0.3, 0.4) is 0 Å². The van der Waals surface area contributed by atoms with Crippen LogP contribution < -0.4 is 4.74 Å². The summed E-state index contributed by atoms with van der Waals surface area (Å²) in [5.41, 5.74) is 0.680. The molecule has 1 aromatic rings. The summed E-state index contributed by atoms with van der Waals surface area (Å²) in [4.78, 5) is 15.1. The van der Waals surface area contributed by atoms with E-state index >= 15 is 0 Å². The van der Waals surface area contributed by atoms with E-state index in [9.17, 15) is 4.79 Å². The summed E-state index contributed by atoms with van der Waals surface area (Å²) in [5.74, 6) is -0.487. The minimum atomic E-state index is -0.968. The number of aromatic carboxylic acids is 1. The first kappa shape index (κ1) is 13.8. The molecule has 0 saturated carbocycles. The number of hydrogen-bond donors (Lipinski definition) is 1. The molecule has 1 aliphatic heterocycles. The number of carboxylic acid groups (broad SMARTS) is 1. The van der Waals surface area contributed by atoms with Gasteiger partial charge in [-0.15, -0.1) is 0 Å². The van der Waals surface area contributed by atoms with Gasteiger partial charge in [-0.05, 0) is 26.8 Å². The van der Waals surface area contributed by atoms with Crippen LogP contribution in [0.5, 0.6) is 5.88 Å². The van der Waals surface area contributed by atoms with Crippen LogP contribution in [-0.4, -0.2) is 34.4 Å². The molecule has 19 heavy (non-hydrogen) atoms. The van der Waals surface area contributed by atoms with Crippen molar-refractivity contribution in [3.8, 4) is 5.88 Å². The second kappa shape index (κ2) is 5.57. The van der Waals surface area contributed by atoms with Crippen LogP contribution in [-0.2, 0) is 4.74 Å². The number of nitrogens with zero attached hydrogens (tertiary/aromatic N) is 1. The molecule has 1 saturated heterocycles. The van der Waals surface area contributed by atoms with Gasteiger partial charge in [0.2, 0.25) is 5.88 Å². The van der Waals surface area contributed by atoms with Gasteiger partial charge in [-0.2, -0.15) is 0 Å². The third-order valence-electron chi connectivity index (χ3n) is 3.23. The molecule has 0 aromatic carbocycles. The van der Waals surface area contributed by atoms with Crippen molar-refractivity contribution in [3.63, 3.8) is 0 Å². The van der Waals surface area contributed by atoms with E-state index in [0.717, 1.165) is 12.8 Å². The zero-order chi connectivity index (χ0) is 14.0. The quantitative estimate of drug-likeness (QED) is 0.909. The minimum absolute atomic E-state index is 0.0707. The summed E-state index contributed by atoms with van der Waals surface area (Å²) < 4.78 is 11.5. The second-order valence-electron chi connectivity index (χ2n) is 5.06. The Morgan fingerprint density at radius 3 is 2.53 bits per heavy atom. The first-order chi connectivity index (χ1) is 8.95. The summed E-state index contributed by atoms with van der Waals surface area (Å²) in [7, 11) is 0. The molecule has 5 heteroatoms. The van der Waals surface area contributed by atoms with Gasteiger partial charge in [0.25, 0.3) is 0 Å². The van der Waals surface area contributed by atoms with Crippen LogP contribution in [0.25, 0.3) is 0 Å². The van der Waals surface area contributed by atoms with Crippen molar-refractivity contribution in [2.75, 3.05) is 0 Å². The van der Waals surface area contributed by atoms with Gasteiger partial charge < -0.3 is 14.6 Å². The van der Waals surface area contributed by atoms with Crippen LogP contribution in [0.4, 0.5) is 0 Å². The van der Waals surface area contributed by atoms with Crippen LogP contribution in [0.2, 0.25) is 0 Å². The normalized spacial score (nSPS) is 27.0. The smallest absolute Gasteiger partial charge is 0.337 e. The summed E-state index contributed by atoms with van der Waals surface area (Å²) in [6.45, 7) is 5.72. The van der Waals surface area contributed by atoms with Gasteiger partial charge in [0.05, 0.1) is 23.5 Å². The standard InChI is InChI=1S/C14H19NO4/c1-8-6-11(7-9(2)18-8)19-13-5-4-12(14(16)17)10(3)15-13/h4-5,8-9,11H,6-7H2,1-3H3,(H,16,17). The molecule has 0 bridgehead atoms. The minimum Gasteiger partial charge on any atom is -0.478 e. The topological polar surface area (TPSA) is 68.7 Å². The predicted molar refractivity (Wildman–Crippen MR) is 69.6 cm³/mol. The number of ether oxygens (including phenoxy) is 2. The molecule has 0 aliphatic carbocycles. The van der Waals surface area contributed by atoms with Crippen molar-refractivity contribution in [1.29, 1.82) is 0 Å². The van der Waals surface area contributed by atoms with E-state index in [1.165, 1.54) is 6.07 Å². The molecule has 2 rings (SSSR count). The van der Waals surface area contributed by atoms with E-state index in [0.29, 0.717) is 11.6 Å². The van der Waals surface area contributed by atoms with E-state index in [1.54, 1.807) is 13.0 Å².